The summed E-state index contributed by atoms with van der Waals surface area (Å²) >= 11 is 0. The van der Waals surface area contributed by atoms with Crippen LogP contribution in [-0.2, 0) is 6.18 Å². The molecular weight excluding hydrogens is 421 g/mol. The van der Waals surface area contributed by atoms with Crippen molar-refractivity contribution in [3.8, 4) is 5.69 Å². The summed E-state index contributed by atoms with van der Waals surface area (Å²) in [6, 6.07) is 7.80. The molecule has 0 aliphatic carbocycles. The molecule has 0 fully saturated rings. The molecule has 3 aromatic rings. The Morgan fingerprint density at radius 2 is 1.74 bits per heavy atom. The first kappa shape index (κ1) is 22.1. The summed E-state index contributed by atoms with van der Waals surface area (Å²) in [5.74, 6) is -3.15. The lowest BCUT2D eigenvalue weighted by atomic mass is 10.1. The van der Waals surface area contributed by atoms with Crippen molar-refractivity contribution in [2.24, 2.45) is 0 Å². The fourth-order valence-electron chi connectivity index (χ4n) is 2.98. The van der Waals surface area contributed by atoms with Crippen LogP contribution < -0.4 is 10.7 Å². The molecule has 0 aliphatic rings. The van der Waals surface area contributed by atoms with Gasteiger partial charge in [-0.3, -0.25) is 9.59 Å². The van der Waals surface area contributed by atoms with Gasteiger partial charge in [-0.1, -0.05) is 18.2 Å². The molecular formula is C21H16F5N3O2. The highest BCUT2D eigenvalue weighted by Crippen LogP contribution is 2.33. The van der Waals surface area contributed by atoms with Gasteiger partial charge in [0.25, 0.3) is 5.91 Å². The van der Waals surface area contributed by atoms with Crippen LogP contribution in [0.25, 0.3) is 5.69 Å². The first-order valence-electron chi connectivity index (χ1n) is 9.02. The van der Waals surface area contributed by atoms with Crippen molar-refractivity contribution in [2.75, 3.05) is 0 Å². The molecule has 31 heavy (non-hydrogen) atoms. The highest BCUT2D eigenvalue weighted by Gasteiger charge is 2.34. The summed E-state index contributed by atoms with van der Waals surface area (Å²) < 4.78 is 67.6. The van der Waals surface area contributed by atoms with Crippen LogP contribution in [-0.4, -0.2) is 15.7 Å². The SMILES string of the molecule is Cc1cc(=O)c(C(=O)NC(C)c2ccc(F)c(F)c2)nn1-c1ccccc1C(F)(F)F. The summed E-state index contributed by atoms with van der Waals surface area (Å²) in [5.41, 5.74) is -2.47. The molecule has 1 N–H and O–H groups in total. The minimum absolute atomic E-state index is 0.0897. The lowest BCUT2D eigenvalue weighted by Gasteiger charge is -2.18. The molecule has 1 amide bonds. The van der Waals surface area contributed by atoms with Crippen LogP contribution in [0.4, 0.5) is 22.0 Å². The standard InChI is InChI=1S/C21H16F5N3O2/c1-11-9-18(30)19(20(31)27-12(2)13-7-8-15(22)16(23)10-13)28-29(11)17-6-4-3-5-14(17)21(24,25)26/h3-10,12H,1-2H3,(H,27,31). The van der Waals surface area contributed by atoms with Crippen molar-refractivity contribution < 1.29 is 26.7 Å². The Kier molecular flexibility index (Phi) is 5.92. The van der Waals surface area contributed by atoms with Crippen molar-refractivity contribution in [2.45, 2.75) is 26.1 Å². The number of nitrogens with one attached hydrogen (secondary N) is 1. The van der Waals surface area contributed by atoms with Crippen LogP contribution >= 0.6 is 0 Å². The molecule has 1 heterocycles. The van der Waals surface area contributed by atoms with Crippen molar-refractivity contribution >= 4 is 5.91 Å². The Bertz CT molecular complexity index is 1200. The van der Waals surface area contributed by atoms with Gasteiger partial charge in [0.15, 0.2) is 17.3 Å². The highest BCUT2D eigenvalue weighted by atomic mass is 19.4. The third-order valence-corrected chi connectivity index (χ3v) is 4.55. The number of nitrogens with zero attached hydrogens (tertiary/aromatic N) is 2. The molecule has 1 atom stereocenters. The van der Waals surface area contributed by atoms with Gasteiger partial charge >= 0.3 is 6.18 Å². The van der Waals surface area contributed by atoms with Crippen molar-refractivity contribution in [3.05, 3.63) is 92.9 Å². The zero-order valence-electron chi connectivity index (χ0n) is 16.3. The minimum Gasteiger partial charge on any atom is -0.344 e. The quantitative estimate of drug-likeness (QED) is 0.618. The number of alkyl halides is 3. The number of halogens is 5. The van der Waals surface area contributed by atoms with Crippen LogP contribution in [0.15, 0.2) is 53.3 Å². The number of hydrogen-bond donors (Lipinski definition) is 1. The predicted molar refractivity (Wildman–Crippen MR) is 102 cm³/mol. The third-order valence-electron chi connectivity index (χ3n) is 4.55. The minimum atomic E-state index is -4.68. The van der Waals surface area contributed by atoms with Gasteiger partial charge in [-0.2, -0.15) is 18.3 Å². The number of hydrogen-bond acceptors (Lipinski definition) is 3. The second kappa shape index (κ2) is 8.29. The van der Waals surface area contributed by atoms with E-state index >= 15 is 0 Å². The van der Waals surface area contributed by atoms with Crippen molar-refractivity contribution in [1.82, 2.24) is 15.1 Å². The lowest BCUT2D eigenvalue weighted by molar-refractivity contribution is -0.137. The number of benzene rings is 2. The van der Waals surface area contributed by atoms with E-state index < -0.39 is 46.4 Å². The second-order valence-corrected chi connectivity index (χ2v) is 6.79. The fourth-order valence-corrected chi connectivity index (χ4v) is 2.98. The Morgan fingerprint density at radius 1 is 1.06 bits per heavy atom. The average molecular weight is 437 g/mol. The van der Waals surface area contributed by atoms with Crippen LogP contribution in [0.3, 0.4) is 0 Å². The first-order chi connectivity index (χ1) is 14.5. The van der Waals surface area contributed by atoms with E-state index in [1.807, 2.05) is 0 Å². The molecule has 1 aromatic heterocycles. The van der Waals surface area contributed by atoms with E-state index in [1.54, 1.807) is 0 Å². The Morgan fingerprint density at radius 3 is 2.39 bits per heavy atom. The summed E-state index contributed by atoms with van der Waals surface area (Å²) in [6.07, 6.45) is -4.68. The zero-order chi connectivity index (χ0) is 22.9. The number of rotatable bonds is 4. The smallest absolute Gasteiger partial charge is 0.344 e. The van der Waals surface area contributed by atoms with Gasteiger partial charge in [-0.15, -0.1) is 0 Å². The zero-order valence-corrected chi connectivity index (χ0v) is 16.3. The highest BCUT2D eigenvalue weighted by molar-refractivity contribution is 5.92. The molecule has 1 unspecified atom stereocenters. The Hall–Kier alpha value is -3.56. The lowest BCUT2D eigenvalue weighted by Crippen LogP contribution is -2.33. The van der Waals surface area contributed by atoms with Crippen LogP contribution in [0, 0.1) is 18.6 Å². The molecule has 0 bridgehead atoms. The molecule has 0 spiro atoms. The number of amides is 1. The summed E-state index contributed by atoms with van der Waals surface area (Å²) in [4.78, 5) is 24.9. The number of carbonyl (C=O) groups excluding carboxylic acids is 1. The van der Waals surface area contributed by atoms with Gasteiger partial charge in [0.05, 0.1) is 17.3 Å². The second-order valence-electron chi connectivity index (χ2n) is 6.79. The van der Waals surface area contributed by atoms with E-state index in [4.69, 9.17) is 0 Å². The van der Waals surface area contributed by atoms with E-state index in [2.05, 4.69) is 10.4 Å². The van der Waals surface area contributed by atoms with Gasteiger partial charge in [0.1, 0.15) is 0 Å². The number of aryl methyl sites for hydroxylation is 1. The van der Waals surface area contributed by atoms with Crippen LogP contribution in [0.2, 0.25) is 0 Å². The average Bonchev–Trinajstić information content (AvgIpc) is 2.69. The molecule has 3 rings (SSSR count). The van der Waals surface area contributed by atoms with Crippen LogP contribution in [0.1, 0.15) is 40.3 Å². The monoisotopic (exact) mass is 437 g/mol. The van der Waals surface area contributed by atoms with Gasteiger partial charge in [0, 0.05) is 11.8 Å². The molecule has 0 saturated heterocycles. The maximum atomic E-state index is 13.4. The molecule has 2 aromatic carbocycles. The van der Waals surface area contributed by atoms with Gasteiger partial charge in [-0.05, 0) is 43.7 Å². The number of carbonyl (C=O) groups is 1. The normalized spacial score (nSPS) is 12.5. The number of aromatic nitrogens is 2. The molecule has 5 nitrogen and oxygen atoms in total. The van der Waals surface area contributed by atoms with E-state index in [1.165, 1.54) is 38.1 Å². The fraction of sp³-hybridized carbons (Fsp3) is 0.190. The first-order valence-corrected chi connectivity index (χ1v) is 9.02. The maximum Gasteiger partial charge on any atom is 0.418 e. The van der Waals surface area contributed by atoms with Crippen molar-refractivity contribution in [3.63, 3.8) is 0 Å². The van der Waals surface area contributed by atoms with Gasteiger partial charge in [-0.25, -0.2) is 13.5 Å². The molecule has 0 aliphatic heterocycles. The van der Waals surface area contributed by atoms with Gasteiger partial charge in [0.2, 0.25) is 5.43 Å². The van der Waals surface area contributed by atoms with E-state index in [9.17, 15) is 31.5 Å². The van der Waals surface area contributed by atoms with Crippen molar-refractivity contribution in [1.29, 1.82) is 0 Å². The largest absolute Gasteiger partial charge is 0.418 e. The number of para-hydroxylation sites is 1. The summed E-state index contributed by atoms with van der Waals surface area (Å²) in [7, 11) is 0. The molecule has 0 radical (unpaired) electrons. The van der Waals surface area contributed by atoms with Gasteiger partial charge < -0.3 is 5.32 Å². The van der Waals surface area contributed by atoms with E-state index in [-0.39, 0.29) is 16.9 Å². The van der Waals surface area contributed by atoms with E-state index in [0.29, 0.717) is 0 Å². The topological polar surface area (TPSA) is 64.0 Å². The Balaban J connectivity index is 1.99. The third kappa shape index (κ3) is 4.62. The van der Waals surface area contributed by atoms with Crippen LogP contribution in [0.5, 0.6) is 0 Å². The Labute approximate surface area is 173 Å². The predicted octanol–water partition coefficient (Wildman–Crippen LogP) is 4.33. The molecule has 162 valence electrons. The maximum absolute atomic E-state index is 13.4. The molecule has 10 heteroatoms. The summed E-state index contributed by atoms with van der Waals surface area (Å²) in [5, 5.41) is 6.27. The molecule has 0 saturated carbocycles. The van der Waals surface area contributed by atoms with E-state index in [0.717, 1.165) is 28.9 Å². The summed E-state index contributed by atoms with van der Waals surface area (Å²) in [6.45, 7) is 2.85.